The second kappa shape index (κ2) is 8.68. The summed E-state index contributed by atoms with van der Waals surface area (Å²) in [4.78, 5) is 10.8. The highest BCUT2D eigenvalue weighted by molar-refractivity contribution is 5.87. The van der Waals surface area contributed by atoms with Crippen LogP contribution in [0.2, 0.25) is 0 Å². The SMILES string of the molecule is C=C(COCCOCCO)C(=O)OC. The van der Waals surface area contributed by atoms with Gasteiger partial charge >= 0.3 is 5.97 Å². The van der Waals surface area contributed by atoms with Crippen molar-refractivity contribution in [2.24, 2.45) is 0 Å². The van der Waals surface area contributed by atoms with Gasteiger partial charge in [-0.05, 0) is 0 Å². The van der Waals surface area contributed by atoms with E-state index < -0.39 is 5.97 Å². The van der Waals surface area contributed by atoms with Crippen LogP contribution in [0.4, 0.5) is 0 Å². The summed E-state index contributed by atoms with van der Waals surface area (Å²) in [5.41, 5.74) is 0.273. The molecule has 1 N–H and O–H groups in total. The summed E-state index contributed by atoms with van der Waals surface area (Å²) in [7, 11) is 1.29. The van der Waals surface area contributed by atoms with E-state index in [1.807, 2.05) is 0 Å². The number of ether oxygens (including phenoxy) is 3. The first-order valence-corrected chi connectivity index (χ1v) is 4.24. The highest BCUT2D eigenvalue weighted by atomic mass is 16.5. The maximum absolute atomic E-state index is 10.8. The molecule has 0 aliphatic heterocycles. The maximum atomic E-state index is 10.8. The number of carbonyl (C=O) groups is 1. The highest BCUT2D eigenvalue weighted by Crippen LogP contribution is 1.94. The van der Waals surface area contributed by atoms with E-state index in [9.17, 15) is 4.79 Å². The molecule has 14 heavy (non-hydrogen) atoms. The highest BCUT2D eigenvalue weighted by Gasteiger charge is 2.05. The fourth-order valence-corrected chi connectivity index (χ4v) is 0.683. The van der Waals surface area contributed by atoms with E-state index >= 15 is 0 Å². The molecule has 82 valence electrons. The second-order valence-corrected chi connectivity index (χ2v) is 2.48. The number of hydrogen-bond acceptors (Lipinski definition) is 5. The van der Waals surface area contributed by atoms with Crippen LogP contribution in [0.15, 0.2) is 12.2 Å². The summed E-state index contributed by atoms with van der Waals surface area (Å²) in [5, 5.41) is 8.37. The van der Waals surface area contributed by atoms with Crippen LogP contribution in [0, 0.1) is 0 Å². The first-order valence-electron chi connectivity index (χ1n) is 4.24. The zero-order valence-corrected chi connectivity index (χ0v) is 8.32. The lowest BCUT2D eigenvalue weighted by Gasteiger charge is -2.05. The number of carbonyl (C=O) groups excluding carboxylic acids is 1. The van der Waals surface area contributed by atoms with Gasteiger partial charge in [-0.15, -0.1) is 0 Å². The number of aliphatic hydroxyl groups is 1. The maximum Gasteiger partial charge on any atom is 0.335 e. The Morgan fingerprint density at radius 1 is 1.29 bits per heavy atom. The first-order chi connectivity index (χ1) is 6.72. The Morgan fingerprint density at radius 2 is 1.93 bits per heavy atom. The molecule has 5 heteroatoms. The van der Waals surface area contributed by atoms with Crippen molar-refractivity contribution < 1.29 is 24.1 Å². The topological polar surface area (TPSA) is 65.0 Å². The van der Waals surface area contributed by atoms with E-state index in [1.165, 1.54) is 7.11 Å². The van der Waals surface area contributed by atoms with Crippen LogP contribution in [0.5, 0.6) is 0 Å². The molecule has 0 saturated carbocycles. The minimum Gasteiger partial charge on any atom is -0.466 e. The second-order valence-electron chi connectivity index (χ2n) is 2.48. The van der Waals surface area contributed by atoms with Crippen LogP contribution in [-0.2, 0) is 19.0 Å². The fraction of sp³-hybridized carbons (Fsp3) is 0.667. The number of methoxy groups -OCH3 is 1. The molecule has 5 nitrogen and oxygen atoms in total. The van der Waals surface area contributed by atoms with Gasteiger partial charge in [0.05, 0.1) is 45.7 Å². The molecule has 0 amide bonds. The minimum absolute atomic E-state index is 0.00509. The lowest BCUT2D eigenvalue weighted by molar-refractivity contribution is -0.136. The molecule has 0 heterocycles. The predicted octanol–water partition coefficient (Wildman–Crippen LogP) is -0.259. The first kappa shape index (κ1) is 13.1. The van der Waals surface area contributed by atoms with Gasteiger partial charge < -0.3 is 19.3 Å². The number of aliphatic hydroxyl groups excluding tert-OH is 1. The van der Waals surface area contributed by atoms with Crippen molar-refractivity contribution >= 4 is 5.97 Å². The molecular formula is C9H16O5. The molecule has 0 aromatic carbocycles. The van der Waals surface area contributed by atoms with Gasteiger partial charge in [0.15, 0.2) is 0 Å². The van der Waals surface area contributed by atoms with Gasteiger partial charge in [0.25, 0.3) is 0 Å². The number of rotatable bonds is 8. The van der Waals surface area contributed by atoms with E-state index in [0.29, 0.717) is 19.8 Å². The van der Waals surface area contributed by atoms with Crippen LogP contribution in [0.25, 0.3) is 0 Å². The van der Waals surface area contributed by atoms with E-state index in [1.54, 1.807) is 0 Å². The Hall–Kier alpha value is -0.910. The molecule has 0 atom stereocenters. The summed E-state index contributed by atoms with van der Waals surface area (Å²) < 4.78 is 14.4. The molecule has 0 bridgehead atoms. The molecule has 0 aromatic heterocycles. The summed E-state index contributed by atoms with van der Waals surface area (Å²) in [5.74, 6) is -0.471. The molecule has 0 radical (unpaired) electrons. The van der Waals surface area contributed by atoms with E-state index in [-0.39, 0.29) is 18.8 Å². The zero-order chi connectivity index (χ0) is 10.8. The Morgan fingerprint density at radius 3 is 2.50 bits per heavy atom. The van der Waals surface area contributed by atoms with Gasteiger partial charge in [0.1, 0.15) is 0 Å². The standard InChI is InChI=1S/C9H16O5/c1-8(9(11)12-2)7-14-6-5-13-4-3-10/h10H,1,3-7H2,2H3. The van der Waals surface area contributed by atoms with Gasteiger partial charge in [-0.2, -0.15) is 0 Å². The molecule has 0 fully saturated rings. The lowest BCUT2D eigenvalue weighted by atomic mass is 10.3. The average molecular weight is 204 g/mol. The Kier molecular flexibility index (Phi) is 8.11. The Bertz CT molecular complexity index is 178. The van der Waals surface area contributed by atoms with Crippen molar-refractivity contribution in [2.45, 2.75) is 0 Å². The van der Waals surface area contributed by atoms with E-state index in [2.05, 4.69) is 11.3 Å². The summed E-state index contributed by atoms with van der Waals surface area (Å²) in [6.45, 7) is 4.64. The molecular weight excluding hydrogens is 188 g/mol. The van der Waals surface area contributed by atoms with Gasteiger partial charge in [-0.3, -0.25) is 0 Å². The normalized spacial score (nSPS) is 9.86. The van der Waals surface area contributed by atoms with Crippen molar-refractivity contribution in [2.75, 3.05) is 40.1 Å². The Labute approximate surface area is 83.3 Å². The van der Waals surface area contributed by atoms with Crippen molar-refractivity contribution in [3.8, 4) is 0 Å². The quantitative estimate of drug-likeness (QED) is 0.335. The molecule has 0 rings (SSSR count). The Balaban J connectivity index is 3.27. The van der Waals surface area contributed by atoms with Crippen molar-refractivity contribution in [1.82, 2.24) is 0 Å². The van der Waals surface area contributed by atoms with Gasteiger partial charge in [-0.1, -0.05) is 6.58 Å². The van der Waals surface area contributed by atoms with Gasteiger partial charge in [-0.25, -0.2) is 4.79 Å². The van der Waals surface area contributed by atoms with Crippen molar-refractivity contribution in [3.63, 3.8) is 0 Å². The summed E-state index contributed by atoms with van der Waals surface area (Å²) in [6, 6.07) is 0. The molecule has 0 aliphatic carbocycles. The number of hydrogen-bond donors (Lipinski definition) is 1. The molecule has 0 aromatic rings. The third-order valence-corrected chi connectivity index (χ3v) is 1.36. The zero-order valence-electron chi connectivity index (χ0n) is 8.32. The van der Waals surface area contributed by atoms with Crippen molar-refractivity contribution in [3.05, 3.63) is 12.2 Å². The monoisotopic (exact) mass is 204 g/mol. The average Bonchev–Trinajstić information content (AvgIpc) is 2.21. The molecule has 0 aliphatic rings. The summed E-state index contributed by atoms with van der Waals surface area (Å²) >= 11 is 0. The third kappa shape index (κ3) is 6.59. The van der Waals surface area contributed by atoms with E-state index in [0.717, 1.165) is 0 Å². The smallest absolute Gasteiger partial charge is 0.335 e. The molecule has 0 unspecified atom stereocenters. The van der Waals surface area contributed by atoms with Gasteiger partial charge in [0.2, 0.25) is 0 Å². The van der Waals surface area contributed by atoms with Crippen LogP contribution in [0.3, 0.4) is 0 Å². The van der Waals surface area contributed by atoms with Crippen LogP contribution in [-0.4, -0.2) is 51.2 Å². The number of esters is 1. The van der Waals surface area contributed by atoms with Crippen molar-refractivity contribution in [1.29, 1.82) is 0 Å². The van der Waals surface area contributed by atoms with Crippen LogP contribution >= 0.6 is 0 Å². The van der Waals surface area contributed by atoms with Crippen LogP contribution in [0.1, 0.15) is 0 Å². The largest absolute Gasteiger partial charge is 0.466 e. The van der Waals surface area contributed by atoms with E-state index in [4.69, 9.17) is 14.6 Å². The predicted molar refractivity (Wildman–Crippen MR) is 49.9 cm³/mol. The molecule has 0 saturated heterocycles. The lowest BCUT2D eigenvalue weighted by Crippen LogP contribution is -2.13. The molecule has 0 spiro atoms. The minimum atomic E-state index is -0.471. The van der Waals surface area contributed by atoms with Crippen LogP contribution < -0.4 is 0 Å². The third-order valence-electron chi connectivity index (χ3n) is 1.36. The summed E-state index contributed by atoms with van der Waals surface area (Å²) in [6.07, 6.45) is 0. The van der Waals surface area contributed by atoms with Gasteiger partial charge in [0, 0.05) is 0 Å². The fourth-order valence-electron chi connectivity index (χ4n) is 0.683.